The van der Waals surface area contributed by atoms with E-state index in [0.717, 1.165) is 11.1 Å². The number of nitrogens with zero attached hydrogens (tertiary/aromatic N) is 2. The van der Waals surface area contributed by atoms with Crippen LogP contribution in [0.4, 0.5) is 0 Å². The minimum Gasteiger partial charge on any atom is -0.493 e. The van der Waals surface area contributed by atoms with E-state index in [4.69, 9.17) is 9.47 Å². The average Bonchev–Trinajstić information content (AvgIpc) is 2.99. The van der Waals surface area contributed by atoms with Crippen molar-refractivity contribution >= 4 is 17.5 Å². The van der Waals surface area contributed by atoms with Crippen LogP contribution in [0.2, 0.25) is 0 Å². The summed E-state index contributed by atoms with van der Waals surface area (Å²) in [5.74, 6) is 0.489. The number of methoxy groups -OCH3 is 2. The van der Waals surface area contributed by atoms with E-state index in [1.165, 1.54) is 4.90 Å². The zero-order chi connectivity index (χ0) is 21.4. The third kappa shape index (κ3) is 2.07. The third-order valence-corrected chi connectivity index (χ3v) is 6.52. The van der Waals surface area contributed by atoms with Crippen LogP contribution in [0.3, 0.4) is 0 Å². The predicted octanol–water partition coefficient (Wildman–Crippen LogP) is 2.13. The van der Waals surface area contributed by atoms with Gasteiger partial charge in [0.25, 0.3) is 5.91 Å². The Hall–Kier alpha value is -3.32. The first-order chi connectivity index (χ1) is 14.3. The molecule has 30 heavy (non-hydrogen) atoms. The van der Waals surface area contributed by atoms with Crippen LogP contribution >= 0.6 is 0 Å². The van der Waals surface area contributed by atoms with Crippen LogP contribution in [0.5, 0.6) is 11.5 Å². The zero-order valence-electron chi connectivity index (χ0n) is 17.0. The molecule has 3 aliphatic heterocycles. The minimum atomic E-state index is -1.64. The van der Waals surface area contributed by atoms with E-state index in [0.29, 0.717) is 34.7 Å². The summed E-state index contributed by atoms with van der Waals surface area (Å²) < 4.78 is 10.8. The summed E-state index contributed by atoms with van der Waals surface area (Å²) in [5, 5.41) is 12.0. The third-order valence-electron chi connectivity index (χ3n) is 6.52. The minimum absolute atomic E-state index is 0.267. The van der Waals surface area contributed by atoms with Crippen LogP contribution in [0.25, 0.3) is 5.70 Å². The van der Waals surface area contributed by atoms with Gasteiger partial charge in [-0.1, -0.05) is 24.8 Å². The molecule has 0 unspecified atom stereocenters. The topological polar surface area (TPSA) is 79.3 Å². The van der Waals surface area contributed by atoms with Crippen LogP contribution in [0.15, 0.2) is 43.0 Å². The number of aliphatic hydroxyl groups is 1. The maximum atomic E-state index is 13.3. The number of piperazine rings is 1. The molecule has 0 spiro atoms. The second-order valence-electron chi connectivity index (χ2n) is 7.86. The number of ether oxygens (including phenoxy) is 2. The van der Waals surface area contributed by atoms with Gasteiger partial charge < -0.3 is 19.5 Å². The summed E-state index contributed by atoms with van der Waals surface area (Å²) in [7, 11) is 3.11. The smallest absolute Gasteiger partial charge is 0.257 e. The van der Waals surface area contributed by atoms with Gasteiger partial charge in [0.1, 0.15) is 6.04 Å². The van der Waals surface area contributed by atoms with E-state index in [2.05, 4.69) is 6.58 Å². The Labute approximate surface area is 174 Å². The molecule has 5 rings (SSSR count). The van der Waals surface area contributed by atoms with Crippen LogP contribution < -0.4 is 9.47 Å². The van der Waals surface area contributed by atoms with E-state index < -0.39 is 17.8 Å². The SMILES string of the molecule is C=C1c2cc(OC)c(OC)cc2C[C@@H]2N1C(=O)[C@H](C)N1C(=O)c3ccccc3[C@]21O. The Morgan fingerprint density at radius 2 is 1.77 bits per heavy atom. The van der Waals surface area contributed by atoms with Gasteiger partial charge in [0, 0.05) is 22.4 Å². The number of rotatable bonds is 2. The Kier molecular flexibility index (Phi) is 3.79. The first kappa shape index (κ1) is 18.7. The number of fused-ring (bicyclic) bond motifs is 6. The number of benzene rings is 2. The van der Waals surface area contributed by atoms with Gasteiger partial charge in [-0.2, -0.15) is 0 Å². The maximum Gasteiger partial charge on any atom is 0.257 e. The first-order valence-electron chi connectivity index (χ1n) is 9.77. The van der Waals surface area contributed by atoms with Gasteiger partial charge in [0.05, 0.1) is 20.3 Å². The van der Waals surface area contributed by atoms with Gasteiger partial charge in [-0.25, -0.2) is 0 Å². The van der Waals surface area contributed by atoms with Crippen molar-refractivity contribution in [2.45, 2.75) is 31.2 Å². The van der Waals surface area contributed by atoms with Gasteiger partial charge >= 0.3 is 0 Å². The quantitative estimate of drug-likeness (QED) is 0.827. The van der Waals surface area contributed by atoms with Crippen molar-refractivity contribution in [2.75, 3.05) is 14.2 Å². The van der Waals surface area contributed by atoms with E-state index in [-0.39, 0.29) is 11.8 Å². The van der Waals surface area contributed by atoms with Crippen molar-refractivity contribution in [1.29, 1.82) is 0 Å². The second kappa shape index (κ2) is 6.09. The first-order valence-corrected chi connectivity index (χ1v) is 9.77. The van der Waals surface area contributed by atoms with E-state index >= 15 is 0 Å². The molecule has 3 heterocycles. The fraction of sp³-hybridized carbons (Fsp3) is 0.304. The fourth-order valence-corrected chi connectivity index (χ4v) is 5.11. The van der Waals surface area contributed by atoms with Crippen molar-refractivity contribution in [3.05, 3.63) is 65.2 Å². The molecular weight excluding hydrogens is 384 g/mol. The largest absolute Gasteiger partial charge is 0.493 e. The van der Waals surface area contributed by atoms with Gasteiger partial charge in [-0.15, -0.1) is 0 Å². The van der Waals surface area contributed by atoms with E-state index in [1.54, 1.807) is 56.4 Å². The molecule has 1 saturated heterocycles. The normalized spacial score (nSPS) is 26.7. The van der Waals surface area contributed by atoms with Crippen molar-refractivity contribution in [1.82, 2.24) is 9.80 Å². The zero-order valence-corrected chi connectivity index (χ0v) is 17.0. The monoisotopic (exact) mass is 406 g/mol. The second-order valence-corrected chi connectivity index (χ2v) is 7.86. The summed E-state index contributed by atoms with van der Waals surface area (Å²) in [6, 6.07) is 9.10. The summed E-state index contributed by atoms with van der Waals surface area (Å²) >= 11 is 0. The van der Waals surface area contributed by atoms with Gasteiger partial charge in [0.2, 0.25) is 5.91 Å². The highest BCUT2D eigenvalue weighted by atomic mass is 16.5. The lowest BCUT2D eigenvalue weighted by molar-refractivity contribution is -0.189. The molecule has 2 amide bonds. The molecule has 1 fully saturated rings. The molecule has 1 N–H and O–H groups in total. The van der Waals surface area contributed by atoms with Gasteiger partial charge in [-0.3, -0.25) is 14.5 Å². The van der Waals surface area contributed by atoms with E-state index in [9.17, 15) is 14.7 Å². The highest BCUT2D eigenvalue weighted by Gasteiger charge is 2.63. The molecule has 0 aromatic heterocycles. The molecule has 154 valence electrons. The Morgan fingerprint density at radius 3 is 2.47 bits per heavy atom. The lowest BCUT2D eigenvalue weighted by Gasteiger charge is -2.54. The standard InChI is InChI=1S/C23H22N2O5/c1-12-16-11-19(30-4)18(29-3)9-14(16)10-20-23(28)17-8-6-5-7-15(17)22(27)25(23)13(2)21(26)24(12)20/h5-9,11,13,20,28H,1,10H2,2-4H3/t13-,20-,23-/m0/s1. The van der Waals surface area contributed by atoms with Gasteiger partial charge in [-0.05, 0) is 37.1 Å². The highest BCUT2D eigenvalue weighted by Crippen LogP contribution is 2.51. The van der Waals surface area contributed by atoms with Crippen molar-refractivity contribution < 1.29 is 24.2 Å². The summed E-state index contributed by atoms with van der Waals surface area (Å²) in [4.78, 5) is 29.3. The van der Waals surface area contributed by atoms with Crippen molar-refractivity contribution in [2.24, 2.45) is 0 Å². The van der Waals surface area contributed by atoms with Gasteiger partial charge in [0.15, 0.2) is 17.2 Å². The maximum absolute atomic E-state index is 13.3. The lowest BCUT2D eigenvalue weighted by atomic mass is 9.80. The highest BCUT2D eigenvalue weighted by molar-refractivity contribution is 6.05. The molecule has 0 radical (unpaired) electrons. The van der Waals surface area contributed by atoms with E-state index in [1.807, 2.05) is 6.07 Å². The lowest BCUT2D eigenvalue weighted by Crippen LogP contribution is -2.70. The number of hydrogen-bond donors (Lipinski definition) is 1. The van der Waals surface area contributed by atoms with Crippen LogP contribution in [0, 0.1) is 0 Å². The molecule has 2 aromatic carbocycles. The molecule has 3 aliphatic rings. The molecule has 7 heteroatoms. The molecule has 3 atom stereocenters. The molecular formula is C23H22N2O5. The summed E-state index contributed by atoms with van der Waals surface area (Å²) in [6.45, 7) is 5.81. The number of carbonyl (C=O) groups excluding carboxylic acids is 2. The average molecular weight is 406 g/mol. The molecule has 0 bridgehead atoms. The van der Waals surface area contributed by atoms with Crippen LogP contribution in [-0.4, -0.2) is 53.0 Å². The molecule has 0 saturated carbocycles. The predicted molar refractivity (Wildman–Crippen MR) is 109 cm³/mol. The number of hydrogen-bond acceptors (Lipinski definition) is 5. The Morgan fingerprint density at radius 1 is 1.10 bits per heavy atom. The van der Waals surface area contributed by atoms with Crippen molar-refractivity contribution in [3.63, 3.8) is 0 Å². The summed E-state index contributed by atoms with van der Waals surface area (Å²) in [5.41, 5.74) is 1.40. The van der Waals surface area contributed by atoms with Crippen LogP contribution in [-0.2, 0) is 16.9 Å². The molecule has 2 aromatic rings. The number of amides is 2. The van der Waals surface area contributed by atoms with Crippen LogP contribution in [0.1, 0.15) is 34.0 Å². The molecule has 7 nitrogen and oxygen atoms in total. The Bertz CT molecular complexity index is 1130. The Balaban J connectivity index is 1.73. The fourth-order valence-electron chi connectivity index (χ4n) is 5.11. The summed E-state index contributed by atoms with van der Waals surface area (Å²) in [6.07, 6.45) is 0.335. The molecule has 0 aliphatic carbocycles. The van der Waals surface area contributed by atoms with Crippen molar-refractivity contribution in [3.8, 4) is 11.5 Å². The number of carbonyl (C=O) groups is 2.